The number of hydrogen-bond acceptors (Lipinski definition) is 2. The van der Waals surface area contributed by atoms with Gasteiger partial charge < -0.3 is 9.74 Å². The fourth-order valence-electron chi connectivity index (χ4n) is 0.550. The van der Waals surface area contributed by atoms with Crippen molar-refractivity contribution in [3.63, 3.8) is 0 Å². The largest absolute Gasteiger partial charge is 0.507 e. The molecule has 1 amide bonds. The first-order valence-electron chi connectivity index (χ1n) is 3.80. The van der Waals surface area contributed by atoms with Crippen LogP contribution in [0.3, 0.4) is 0 Å². The van der Waals surface area contributed by atoms with Gasteiger partial charge >= 0.3 is 6.09 Å². The van der Waals surface area contributed by atoms with Crippen LogP contribution in [0.15, 0.2) is 0 Å². The topological polar surface area (TPSA) is 38.3 Å². The van der Waals surface area contributed by atoms with Crippen molar-refractivity contribution in [3.8, 4) is 0 Å². The van der Waals surface area contributed by atoms with Crippen molar-refractivity contribution in [3.05, 3.63) is 0 Å². The van der Waals surface area contributed by atoms with Gasteiger partial charge in [0.25, 0.3) is 0 Å². The fourth-order valence-corrected chi connectivity index (χ4v) is 1.04. The number of rotatable bonds is 1. The van der Waals surface area contributed by atoms with Gasteiger partial charge in [0.1, 0.15) is 0 Å². The van der Waals surface area contributed by atoms with Gasteiger partial charge in [-0.25, -0.2) is 4.79 Å². The third kappa shape index (κ3) is 7.38. The first-order valence-corrected chi connectivity index (χ1v) is 6.58. The van der Waals surface area contributed by atoms with Gasteiger partial charge in [0.2, 0.25) is 9.04 Å². The zero-order valence-corrected chi connectivity index (χ0v) is 9.05. The Morgan fingerprint density at radius 2 is 1.82 bits per heavy atom. The molecule has 0 aromatic rings. The molecule has 0 rings (SSSR count). The van der Waals surface area contributed by atoms with Crippen molar-refractivity contribution in [2.45, 2.75) is 39.4 Å². The summed E-state index contributed by atoms with van der Waals surface area (Å²) in [5.74, 6) is 0. The highest BCUT2D eigenvalue weighted by Gasteiger charge is 2.15. The summed E-state index contributed by atoms with van der Waals surface area (Å²) in [6.45, 7) is 9.70. The molecular weight excluding hydrogens is 158 g/mol. The average Bonchev–Trinajstić information content (AvgIpc) is 1.53. The number of amides is 1. The Balaban J connectivity index is 3.71. The van der Waals surface area contributed by atoms with Crippen molar-refractivity contribution in [2.24, 2.45) is 0 Å². The summed E-state index contributed by atoms with van der Waals surface area (Å²) in [6, 6.07) is 0. The normalized spacial score (nSPS) is 11.5. The molecule has 0 saturated carbocycles. The Kier molecular flexibility index (Phi) is 3.58. The predicted octanol–water partition coefficient (Wildman–Crippen LogP) is 1.49. The minimum atomic E-state index is -1.23. The zero-order chi connectivity index (χ0) is 9.07. The van der Waals surface area contributed by atoms with Crippen molar-refractivity contribution in [1.82, 2.24) is 5.32 Å². The molecule has 0 aromatic heterocycles. The Hall–Kier alpha value is -0.513. The Morgan fingerprint density at radius 3 is 2.09 bits per heavy atom. The maximum absolute atomic E-state index is 11.0. The smallest absolute Gasteiger partial charge is 0.393 e. The van der Waals surface area contributed by atoms with Gasteiger partial charge in [0.15, 0.2) is 0 Å². The maximum atomic E-state index is 11.0. The van der Waals surface area contributed by atoms with Crippen LogP contribution in [0.25, 0.3) is 0 Å². The molecule has 0 atom stereocenters. The highest BCUT2D eigenvalue weighted by molar-refractivity contribution is 6.50. The van der Waals surface area contributed by atoms with Crippen LogP contribution in [-0.4, -0.2) is 20.7 Å². The SMILES string of the molecule is C[SiH](C)OC(=O)NC(C)(C)C. The minimum Gasteiger partial charge on any atom is -0.507 e. The van der Waals surface area contributed by atoms with Crippen LogP contribution in [0.5, 0.6) is 0 Å². The highest BCUT2D eigenvalue weighted by Crippen LogP contribution is 1.99. The molecule has 0 saturated heterocycles. The van der Waals surface area contributed by atoms with Gasteiger partial charge in [0.05, 0.1) is 0 Å². The lowest BCUT2D eigenvalue weighted by atomic mass is 10.1. The summed E-state index contributed by atoms with van der Waals surface area (Å²) in [5.41, 5.74) is -0.194. The monoisotopic (exact) mass is 175 g/mol. The third-order valence-electron chi connectivity index (χ3n) is 0.820. The molecule has 1 N–H and O–H groups in total. The van der Waals surface area contributed by atoms with Gasteiger partial charge in [-0.15, -0.1) is 0 Å². The molecule has 0 aromatic carbocycles. The molecule has 0 aliphatic heterocycles. The van der Waals surface area contributed by atoms with Crippen molar-refractivity contribution in [1.29, 1.82) is 0 Å². The van der Waals surface area contributed by atoms with E-state index in [1.165, 1.54) is 0 Å². The van der Waals surface area contributed by atoms with Crippen molar-refractivity contribution < 1.29 is 9.22 Å². The summed E-state index contributed by atoms with van der Waals surface area (Å²) >= 11 is 0. The van der Waals surface area contributed by atoms with E-state index in [-0.39, 0.29) is 11.6 Å². The van der Waals surface area contributed by atoms with Gasteiger partial charge in [-0.05, 0) is 33.9 Å². The van der Waals surface area contributed by atoms with Crippen LogP contribution in [0.4, 0.5) is 4.79 Å². The highest BCUT2D eigenvalue weighted by atomic mass is 28.3. The van der Waals surface area contributed by atoms with Crippen LogP contribution in [-0.2, 0) is 4.43 Å². The van der Waals surface area contributed by atoms with E-state index in [1.54, 1.807) is 0 Å². The summed E-state index contributed by atoms with van der Waals surface area (Å²) in [4.78, 5) is 11.0. The quantitative estimate of drug-likeness (QED) is 0.613. The molecule has 0 aliphatic carbocycles. The number of nitrogens with one attached hydrogen (secondary N) is 1. The molecule has 66 valence electrons. The van der Waals surface area contributed by atoms with E-state index in [2.05, 4.69) is 5.32 Å². The molecule has 0 unspecified atom stereocenters. The Bertz CT molecular complexity index is 140. The van der Waals surface area contributed by atoms with E-state index in [1.807, 2.05) is 33.9 Å². The molecule has 3 nitrogen and oxygen atoms in total. The van der Waals surface area contributed by atoms with Crippen molar-refractivity contribution in [2.75, 3.05) is 0 Å². The van der Waals surface area contributed by atoms with Gasteiger partial charge in [0, 0.05) is 5.54 Å². The van der Waals surface area contributed by atoms with E-state index in [4.69, 9.17) is 4.43 Å². The molecule has 0 radical (unpaired) electrons. The zero-order valence-electron chi connectivity index (χ0n) is 7.89. The standard InChI is InChI=1S/C7H17NO2Si/c1-7(2,3)8-6(9)10-11(4)5/h11H,1-5H3,(H,8,9). The minimum absolute atomic E-state index is 0.194. The second-order valence-corrected chi connectivity index (χ2v) is 6.16. The second-order valence-electron chi connectivity index (χ2n) is 3.83. The molecule has 4 heteroatoms. The number of hydrogen-bond donors (Lipinski definition) is 1. The molecule has 0 heterocycles. The molecular formula is C7H17NO2Si. The summed E-state index contributed by atoms with van der Waals surface area (Å²) < 4.78 is 5.02. The van der Waals surface area contributed by atoms with E-state index in [0.717, 1.165) is 0 Å². The Labute approximate surface area is 69.9 Å². The maximum Gasteiger partial charge on any atom is 0.393 e. The van der Waals surface area contributed by atoms with Crippen LogP contribution < -0.4 is 5.32 Å². The van der Waals surface area contributed by atoms with E-state index < -0.39 is 9.04 Å². The Morgan fingerprint density at radius 1 is 1.36 bits per heavy atom. The molecule has 0 aliphatic rings. The van der Waals surface area contributed by atoms with Crippen LogP contribution in [0.1, 0.15) is 20.8 Å². The molecule has 0 fully saturated rings. The summed E-state index contributed by atoms with van der Waals surface area (Å²) in [7, 11) is -1.23. The van der Waals surface area contributed by atoms with Gasteiger partial charge in [-0.3, -0.25) is 0 Å². The lowest BCUT2D eigenvalue weighted by Crippen LogP contribution is -2.42. The molecule has 11 heavy (non-hydrogen) atoms. The van der Waals surface area contributed by atoms with Gasteiger partial charge in [-0.2, -0.15) is 0 Å². The lowest BCUT2D eigenvalue weighted by molar-refractivity contribution is 0.191. The lowest BCUT2D eigenvalue weighted by Gasteiger charge is -2.21. The van der Waals surface area contributed by atoms with Crippen LogP contribution in [0, 0.1) is 0 Å². The van der Waals surface area contributed by atoms with E-state index in [9.17, 15) is 4.79 Å². The van der Waals surface area contributed by atoms with Crippen LogP contribution >= 0.6 is 0 Å². The first kappa shape index (κ1) is 10.5. The summed E-state index contributed by atoms with van der Waals surface area (Å²) in [6.07, 6.45) is -0.292. The molecule has 0 spiro atoms. The average molecular weight is 175 g/mol. The number of carbonyl (C=O) groups is 1. The van der Waals surface area contributed by atoms with Crippen LogP contribution in [0.2, 0.25) is 13.1 Å². The fraction of sp³-hybridized carbons (Fsp3) is 0.857. The van der Waals surface area contributed by atoms with Crippen molar-refractivity contribution >= 4 is 15.1 Å². The van der Waals surface area contributed by atoms with E-state index in [0.29, 0.717) is 0 Å². The van der Waals surface area contributed by atoms with E-state index >= 15 is 0 Å². The molecule has 0 bridgehead atoms. The number of carbonyl (C=O) groups excluding carboxylic acids is 1. The summed E-state index contributed by atoms with van der Waals surface area (Å²) in [5, 5.41) is 2.72. The third-order valence-corrected chi connectivity index (χ3v) is 1.51. The first-order chi connectivity index (χ1) is 4.81. The predicted molar refractivity (Wildman–Crippen MR) is 48.2 cm³/mol. The second kappa shape index (κ2) is 3.76. The van der Waals surface area contributed by atoms with Gasteiger partial charge in [-0.1, -0.05) is 0 Å².